The zero-order valence-electron chi connectivity index (χ0n) is 14.7. The first kappa shape index (κ1) is 24.2. The van der Waals surface area contributed by atoms with Crippen LogP contribution >= 0.6 is 58.0 Å². The Morgan fingerprint density at radius 3 is 2.22 bits per heavy atom. The van der Waals surface area contributed by atoms with Gasteiger partial charge in [0.2, 0.25) is 15.7 Å². The molecule has 0 aliphatic heterocycles. The van der Waals surface area contributed by atoms with Crippen LogP contribution in [0.3, 0.4) is 0 Å². The standard InChI is InChI=1S/C15H17Cl5N6.H2O/c1-8(26(2)3)7-21-13-23-12(15(18,19)20)24-14(25-13)22-9-4-5-10(16)11(17)6-9;/h4-6,8H,7H2,1-3H3,(H2,21,22,23,24,25);1H2. The number of alkyl halides is 3. The van der Waals surface area contributed by atoms with E-state index in [-0.39, 0.29) is 17.2 Å². The Hall–Kier alpha value is -0.800. The molecule has 0 amide bonds. The Kier molecular flexibility index (Phi) is 9.08. The third-order valence-corrected chi connectivity index (χ3v) is 4.86. The van der Waals surface area contributed by atoms with Gasteiger partial charge in [-0.15, -0.1) is 0 Å². The molecule has 2 rings (SSSR count). The first-order valence-electron chi connectivity index (χ1n) is 7.65. The normalized spacial score (nSPS) is 12.5. The zero-order valence-corrected chi connectivity index (χ0v) is 18.5. The summed E-state index contributed by atoms with van der Waals surface area (Å²) in [5.74, 6) is 0.525. The fraction of sp³-hybridized carbons (Fsp3) is 0.400. The first-order chi connectivity index (χ1) is 12.1. The van der Waals surface area contributed by atoms with Crippen molar-refractivity contribution in [2.45, 2.75) is 16.8 Å². The predicted octanol–water partition coefficient (Wildman–Crippen LogP) is 3.52. The number of nitrogens with zero attached hydrogens (tertiary/aromatic N) is 3. The molecule has 0 fully saturated rings. The Labute approximate surface area is 182 Å². The van der Waals surface area contributed by atoms with Gasteiger partial charge < -0.3 is 21.0 Å². The van der Waals surface area contributed by atoms with Gasteiger partial charge in [0, 0.05) is 5.69 Å². The fourth-order valence-corrected chi connectivity index (χ4v) is 2.34. The molecule has 0 aliphatic rings. The summed E-state index contributed by atoms with van der Waals surface area (Å²) in [5.41, 5.74) is 0.637. The minimum atomic E-state index is -1.79. The van der Waals surface area contributed by atoms with Crippen LogP contribution in [0.25, 0.3) is 0 Å². The van der Waals surface area contributed by atoms with Crippen molar-refractivity contribution in [1.29, 1.82) is 0 Å². The van der Waals surface area contributed by atoms with Crippen molar-refractivity contribution in [1.82, 2.24) is 15.0 Å². The lowest BCUT2D eigenvalue weighted by atomic mass is 10.3. The van der Waals surface area contributed by atoms with Gasteiger partial charge in [0.1, 0.15) is 6.04 Å². The lowest BCUT2D eigenvalue weighted by Gasteiger charge is -2.18. The highest BCUT2D eigenvalue weighted by molar-refractivity contribution is 6.66. The largest absolute Gasteiger partial charge is 0.870 e. The van der Waals surface area contributed by atoms with E-state index < -0.39 is 3.79 Å². The van der Waals surface area contributed by atoms with Crippen LogP contribution in [0.15, 0.2) is 18.2 Å². The molecule has 0 saturated carbocycles. The summed E-state index contributed by atoms with van der Waals surface area (Å²) in [7, 11) is 4.12. The van der Waals surface area contributed by atoms with Crippen molar-refractivity contribution in [3.63, 3.8) is 0 Å². The summed E-state index contributed by atoms with van der Waals surface area (Å²) < 4.78 is -1.79. The molecule has 1 heterocycles. The average molecular weight is 477 g/mol. The first-order valence-corrected chi connectivity index (χ1v) is 9.54. The topological polar surface area (TPSA) is 97.2 Å². The minimum absolute atomic E-state index is 0. The smallest absolute Gasteiger partial charge is 0.250 e. The number of rotatable bonds is 6. The van der Waals surface area contributed by atoms with E-state index in [0.717, 1.165) is 0 Å². The molecule has 2 aromatic rings. The fourth-order valence-electron chi connectivity index (χ4n) is 1.79. The molecule has 0 saturated heterocycles. The van der Waals surface area contributed by atoms with Crippen molar-refractivity contribution in [2.75, 3.05) is 31.3 Å². The predicted molar refractivity (Wildman–Crippen MR) is 112 cm³/mol. The number of anilines is 3. The molecule has 1 atom stereocenters. The Morgan fingerprint density at radius 2 is 1.67 bits per heavy atom. The monoisotopic (exact) mass is 474 g/mol. The van der Waals surface area contributed by atoms with E-state index in [0.29, 0.717) is 34.3 Å². The van der Waals surface area contributed by atoms with Crippen LogP contribution in [0.5, 0.6) is 0 Å². The average Bonchev–Trinajstić information content (AvgIpc) is 2.55. The minimum Gasteiger partial charge on any atom is -0.870 e. The van der Waals surface area contributed by atoms with Gasteiger partial charge in [-0.05, 0) is 25.1 Å². The summed E-state index contributed by atoms with van der Waals surface area (Å²) in [6, 6.07) is 5.36. The summed E-state index contributed by atoms with van der Waals surface area (Å²) in [5, 5.41) is 6.99. The third-order valence-electron chi connectivity index (χ3n) is 3.62. The summed E-state index contributed by atoms with van der Waals surface area (Å²) in [4.78, 5) is 13.9. The lowest BCUT2D eigenvalue weighted by molar-refractivity contribution is -0.881. The number of quaternary nitrogens is 1. The van der Waals surface area contributed by atoms with Gasteiger partial charge >= 0.3 is 0 Å². The Balaban J connectivity index is 0.00000364. The van der Waals surface area contributed by atoms with Gasteiger partial charge in [0.05, 0.1) is 30.7 Å². The summed E-state index contributed by atoms with van der Waals surface area (Å²) in [6.45, 7) is 2.73. The molecule has 12 heteroatoms. The molecule has 0 spiro atoms. The maximum Gasteiger partial charge on any atom is 0.250 e. The Bertz CT molecular complexity index is 771. The van der Waals surface area contributed by atoms with Gasteiger partial charge in [0.25, 0.3) is 0 Å². The second kappa shape index (κ2) is 10.1. The quantitative estimate of drug-likeness (QED) is 0.552. The maximum atomic E-state index is 6.03. The van der Waals surface area contributed by atoms with E-state index >= 15 is 0 Å². The van der Waals surface area contributed by atoms with Gasteiger partial charge in [-0.1, -0.05) is 58.0 Å². The van der Waals surface area contributed by atoms with Crippen molar-refractivity contribution in [3.05, 3.63) is 34.1 Å². The van der Waals surface area contributed by atoms with E-state index in [4.69, 9.17) is 58.0 Å². The van der Waals surface area contributed by atoms with Gasteiger partial charge in [-0.3, -0.25) is 0 Å². The number of benzene rings is 1. The van der Waals surface area contributed by atoms with Crippen LogP contribution in [0.2, 0.25) is 10.0 Å². The second-order valence-electron chi connectivity index (χ2n) is 5.92. The van der Waals surface area contributed by atoms with E-state index in [2.05, 4.69) is 46.6 Å². The highest BCUT2D eigenvalue weighted by atomic mass is 35.6. The molecule has 4 N–H and O–H groups in total. The number of hydrogen-bond donors (Lipinski definition) is 3. The van der Waals surface area contributed by atoms with Crippen LogP contribution < -0.4 is 15.5 Å². The molecule has 27 heavy (non-hydrogen) atoms. The highest BCUT2D eigenvalue weighted by Gasteiger charge is 2.28. The molecule has 0 bridgehead atoms. The molecule has 7 nitrogen and oxygen atoms in total. The maximum absolute atomic E-state index is 6.03. The number of halogens is 5. The van der Waals surface area contributed by atoms with Crippen LogP contribution in [0.1, 0.15) is 12.7 Å². The van der Waals surface area contributed by atoms with Gasteiger partial charge in [0.15, 0.2) is 5.82 Å². The molecular formula is C15H19Cl5N6O. The van der Waals surface area contributed by atoms with Crippen LogP contribution in [0.4, 0.5) is 17.6 Å². The molecule has 1 unspecified atom stereocenters. The van der Waals surface area contributed by atoms with Gasteiger partial charge in [-0.25, -0.2) is 0 Å². The van der Waals surface area contributed by atoms with Crippen LogP contribution in [-0.2, 0) is 3.79 Å². The molecule has 0 aliphatic carbocycles. The van der Waals surface area contributed by atoms with Crippen molar-refractivity contribution in [3.8, 4) is 0 Å². The molecule has 1 aromatic carbocycles. The van der Waals surface area contributed by atoms with E-state index in [1.807, 2.05) is 0 Å². The van der Waals surface area contributed by atoms with Crippen molar-refractivity contribution >= 4 is 75.6 Å². The van der Waals surface area contributed by atoms with Crippen molar-refractivity contribution in [2.24, 2.45) is 0 Å². The second-order valence-corrected chi connectivity index (χ2v) is 9.01. The number of nitrogens with one attached hydrogen (secondary N) is 3. The number of hydrogen-bond acceptors (Lipinski definition) is 6. The van der Waals surface area contributed by atoms with E-state index in [9.17, 15) is 0 Å². The molecular weight excluding hydrogens is 457 g/mol. The number of aromatic nitrogens is 3. The van der Waals surface area contributed by atoms with Crippen LogP contribution in [0, 0.1) is 0 Å². The SMILES string of the molecule is CC(CNc1nc(Nc2ccc(Cl)c(Cl)c2)nc(C(Cl)(Cl)Cl)n1)[NH+](C)C.[OH-]. The number of likely N-dealkylation sites (N-methyl/N-ethyl adjacent to an activating group) is 1. The van der Waals surface area contributed by atoms with E-state index in [1.54, 1.807) is 18.2 Å². The zero-order chi connectivity index (χ0) is 19.5. The highest BCUT2D eigenvalue weighted by Crippen LogP contribution is 2.36. The molecule has 0 radical (unpaired) electrons. The lowest BCUT2D eigenvalue weighted by Crippen LogP contribution is -3.10. The van der Waals surface area contributed by atoms with E-state index in [1.165, 1.54) is 4.90 Å². The molecule has 1 aromatic heterocycles. The Morgan fingerprint density at radius 1 is 1.04 bits per heavy atom. The van der Waals surface area contributed by atoms with Crippen molar-refractivity contribution < 1.29 is 10.4 Å². The summed E-state index contributed by atoms with van der Waals surface area (Å²) >= 11 is 29.8. The molecule has 150 valence electrons. The van der Waals surface area contributed by atoms with Crippen LogP contribution in [-0.4, -0.2) is 47.1 Å². The summed E-state index contributed by atoms with van der Waals surface area (Å²) in [6.07, 6.45) is 0. The third kappa shape index (κ3) is 7.27. The van der Waals surface area contributed by atoms with Gasteiger partial charge in [-0.2, -0.15) is 15.0 Å².